The summed E-state index contributed by atoms with van der Waals surface area (Å²) in [6.45, 7) is 3.94. The van der Waals surface area contributed by atoms with Gasteiger partial charge in [0.05, 0.1) is 11.3 Å². The van der Waals surface area contributed by atoms with Crippen LogP contribution in [-0.2, 0) is 4.79 Å². The standard InChI is InChI=1S/C16H18BrN3O2S/c1-11-6-8-20(9-7-11)14(21)10-23-16-19-18-15(22-16)12-4-2-3-5-13(12)17/h2-5,11H,6-10H2,1H3. The van der Waals surface area contributed by atoms with Crippen LogP contribution >= 0.6 is 27.7 Å². The fourth-order valence-corrected chi connectivity index (χ4v) is 3.60. The maximum atomic E-state index is 12.2. The zero-order valence-corrected chi connectivity index (χ0v) is 15.3. The van der Waals surface area contributed by atoms with Crippen LogP contribution in [0.3, 0.4) is 0 Å². The summed E-state index contributed by atoms with van der Waals surface area (Å²) in [5.74, 6) is 1.66. The van der Waals surface area contributed by atoms with E-state index in [1.165, 1.54) is 11.8 Å². The van der Waals surface area contributed by atoms with Gasteiger partial charge in [-0.3, -0.25) is 4.79 Å². The molecule has 1 aromatic carbocycles. The summed E-state index contributed by atoms with van der Waals surface area (Å²) in [7, 11) is 0. The highest BCUT2D eigenvalue weighted by molar-refractivity contribution is 9.10. The van der Waals surface area contributed by atoms with E-state index in [9.17, 15) is 4.79 Å². The zero-order chi connectivity index (χ0) is 16.2. The summed E-state index contributed by atoms with van der Waals surface area (Å²) < 4.78 is 6.55. The van der Waals surface area contributed by atoms with Crippen molar-refractivity contribution in [1.82, 2.24) is 15.1 Å². The quantitative estimate of drug-likeness (QED) is 0.735. The molecule has 7 heteroatoms. The summed E-state index contributed by atoms with van der Waals surface area (Å²) >= 11 is 4.76. The van der Waals surface area contributed by atoms with Crippen molar-refractivity contribution in [3.8, 4) is 11.5 Å². The number of aromatic nitrogens is 2. The molecule has 122 valence electrons. The van der Waals surface area contributed by atoms with Crippen molar-refractivity contribution in [1.29, 1.82) is 0 Å². The lowest BCUT2D eigenvalue weighted by Crippen LogP contribution is -2.38. The third kappa shape index (κ3) is 4.14. The number of amides is 1. The van der Waals surface area contributed by atoms with Crippen molar-refractivity contribution in [2.75, 3.05) is 18.8 Å². The Balaban J connectivity index is 1.57. The van der Waals surface area contributed by atoms with Crippen LogP contribution in [-0.4, -0.2) is 39.8 Å². The molecule has 23 heavy (non-hydrogen) atoms. The number of benzene rings is 1. The molecule has 0 spiro atoms. The first kappa shape index (κ1) is 16.5. The van der Waals surface area contributed by atoms with Crippen LogP contribution < -0.4 is 0 Å². The van der Waals surface area contributed by atoms with Gasteiger partial charge in [-0.25, -0.2) is 0 Å². The van der Waals surface area contributed by atoms with E-state index < -0.39 is 0 Å². The van der Waals surface area contributed by atoms with Crippen LogP contribution in [0.25, 0.3) is 11.5 Å². The summed E-state index contributed by atoms with van der Waals surface area (Å²) in [5, 5.41) is 8.50. The van der Waals surface area contributed by atoms with Crippen molar-refractivity contribution in [3.63, 3.8) is 0 Å². The average Bonchev–Trinajstić information content (AvgIpc) is 3.02. The number of nitrogens with zero attached hydrogens (tertiary/aromatic N) is 3. The third-order valence-electron chi connectivity index (χ3n) is 3.97. The molecule has 1 aromatic heterocycles. The second-order valence-electron chi connectivity index (χ2n) is 5.70. The van der Waals surface area contributed by atoms with Crippen molar-refractivity contribution in [3.05, 3.63) is 28.7 Å². The topological polar surface area (TPSA) is 59.2 Å². The minimum absolute atomic E-state index is 0.141. The molecular weight excluding hydrogens is 378 g/mol. The molecule has 1 fully saturated rings. The Morgan fingerprint density at radius 2 is 2.09 bits per heavy atom. The molecule has 0 N–H and O–H groups in total. The molecule has 3 rings (SSSR count). The second kappa shape index (κ2) is 7.49. The van der Waals surface area contributed by atoms with Crippen molar-refractivity contribution >= 4 is 33.6 Å². The highest BCUT2D eigenvalue weighted by Gasteiger charge is 2.21. The van der Waals surface area contributed by atoms with Gasteiger partial charge in [0.1, 0.15) is 0 Å². The normalized spacial score (nSPS) is 15.8. The number of hydrogen-bond donors (Lipinski definition) is 0. The van der Waals surface area contributed by atoms with E-state index >= 15 is 0 Å². The van der Waals surface area contributed by atoms with Gasteiger partial charge in [-0.05, 0) is 46.8 Å². The highest BCUT2D eigenvalue weighted by atomic mass is 79.9. The monoisotopic (exact) mass is 395 g/mol. The van der Waals surface area contributed by atoms with E-state index in [4.69, 9.17) is 4.42 Å². The van der Waals surface area contributed by atoms with Gasteiger partial charge in [0.2, 0.25) is 11.8 Å². The van der Waals surface area contributed by atoms with E-state index in [2.05, 4.69) is 33.1 Å². The van der Waals surface area contributed by atoms with E-state index in [-0.39, 0.29) is 5.91 Å². The van der Waals surface area contributed by atoms with Crippen LogP contribution in [0, 0.1) is 5.92 Å². The molecule has 0 aliphatic carbocycles. The first-order valence-electron chi connectivity index (χ1n) is 7.62. The number of thioether (sulfide) groups is 1. The molecule has 0 unspecified atom stereocenters. The molecule has 1 aliphatic rings. The Morgan fingerprint density at radius 3 is 2.83 bits per heavy atom. The van der Waals surface area contributed by atoms with Crippen LogP contribution in [0.15, 0.2) is 38.4 Å². The van der Waals surface area contributed by atoms with Crippen molar-refractivity contribution < 1.29 is 9.21 Å². The fourth-order valence-electron chi connectivity index (χ4n) is 2.48. The summed E-state index contributed by atoms with van der Waals surface area (Å²) in [6.07, 6.45) is 2.17. The minimum Gasteiger partial charge on any atom is -0.411 e. The summed E-state index contributed by atoms with van der Waals surface area (Å²) in [4.78, 5) is 14.1. The highest BCUT2D eigenvalue weighted by Crippen LogP contribution is 2.29. The minimum atomic E-state index is 0.141. The molecule has 2 heterocycles. The van der Waals surface area contributed by atoms with Crippen LogP contribution in [0.4, 0.5) is 0 Å². The molecule has 1 saturated heterocycles. The maximum Gasteiger partial charge on any atom is 0.277 e. The average molecular weight is 396 g/mol. The number of rotatable bonds is 4. The predicted molar refractivity (Wildman–Crippen MR) is 93.1 cm³/mol. The summed E-state index contributed by atoms with van der Waals surface area (Å²) in [5.41, 5.74) is 0.850. The smallest absolute Gasteiger partial charge is 0.277 e. The molecule has 0 radical (unpaired) electrons. The number of carbonyl (C=O) groups excluding carboxylic acids is 1. The lowest BCUT2D eigenvalue weighted by molar-refractivity contribution is -0.129. The van der Waals surface area contributed by atoms with E-state index in [0.29, 0.717) is 16.9 Å². The third-order valence-corrected chi connectivity index (χ3v) is 5.46. The second-order valence-corrected chi connectivity index (χ2v) is 7.49. The number of hydrogen-bond acceptors (Lipinski definition) is 5. The van der Waals surface area contributed by atoms with Gasteiger partial charge in [-0.2, -0.15) is 0 Å². The molecule has 5 nitrogen and oxygen atoms in total. The van der Waals surface area contributed by atoms with E-state index in [1.807, 2.05) is 29.2 Å². The van der Waals surface area contributed by atoms with Crippen molar-refractivity contribution in [2.45, 2.75) is 25.0 Å². The van der Waals surface area contributed by atoms with E-state index in [0.717, 1.165) is 41.9 Å². The Labute approximate surface area is 148 Å². The fraction of sp³-hybridized carbons (Fsp3) is 0.438. The molecule has 1 aliphatic heterocycles. The molecule has 0 saturated carbocycles. The molecular formula is C16H18BrN3O2S. The maximum absolute atomic E-state index is 12.2. The molecule has 0 bridgehead atoms. The van der Waals surface area contributed by atoms with Crippen LogP contribution in [0.2, 0.25) is 0 Å². The number of piperidine rings is 1. The number of likely N-dealkylation sites (tertiary alicyclic amines) is 1. The first-order valence-corrected chi connectivity index (χ1v) is 9.40. The van der Waals surface area contributed by atoms with Gasteiger partial charge in [0.25, 0.3) is 5.22 Å². The van der Waals surface area contributed by atoms with Gasteiger partial charge in [-0.15, -0.1) is 10.2 Å². The largest absolute Gasteiger partial charge is 0.411 e. The van der Waals surface area contributed by atoms with Crippen molar-refractivity contribution in [2.24, 2.45) is 5.92 Å². The molecule has 2 aromatic rings. The lowest BCUT2D eigenvalue weighted by Gasteiger charge is -2.30. The Hall–Kier alpha value is -1.34. The van der Waals surface area contributed by atoms with Gasteiger partial charge >= 0.3 is 0 Å². The lowest BCUT2D eigenvalue weighted by atomic mass is 9.99. The van der Waals surface area contributed by atoms with Gasteiger partial charge < -0.3 is 9.32 Å². The first-order chi connectivity index (χ1) is 11.1. The Bertz CT molecular complexity index is 683. The SMILES string of the molecule is CC1CCN(C(=O)CSc2nnc(-c3ccccc3Br)o2)CC1. The van der Waals surface area contributed by atoms with Gasteiger partial charge in [-0.1, -0.05) is 30.8 Å². The van der Waals surface area contributed by atoms with Gasteiger partial charge in [0, 0.05) is 17.6 Å². The van der Waals surface area contributed by atoms with E-state index in [1.54, 1.807) is 0 Å². The predicted octanol–water partition coefficient (Wildman–Crippen LogP) is 3.85. The zero-order valence-electron chi connectivity index (χ0n) is 12.9. The van der Waals surface area contributed by atoms with Gasteiger partial charge in [0.15, 0.2) is 0 Å². The Kier molecular flexibility index (Phi) is 5.38. The summed E-state index contributed by atoms with van der Waals surface area (Å²) in [6, 6.07) is 7.68. The Morgan fingerprint density at radius 1 is 1.35 bits per heavy atom. The molecule has 1 amide bonds. The number of halogens is 1. The number of carbonyl (C=O) groups is 1. The molecule has 0 atom stereocenters. The van der Waals surface area contributed by atoms with Crippen LogP contribution in [0.5, 0.6) is 0 Å². The van der Waals surface area contributed by atoms with Crippen LogP contribution in [0.1, 0.15) is 19.8 Å².